The Morgan fingerprint density at radius 1 is 1.32 bits per heavy atom. The molecule has 1 amide bonds. The zero-order valence-corrected chi connectivity index (χ0v) is 14.0. The van der Waals surface area contributed by atoms with Crippen LogP contribution in [0, 0.1) is 5.92 Å². The molecule has 0 aromatic heterocycles. The maximum atomic E-state index is 12.1. The fraction of sp³-hybridized carbons (Fsp3) is 0.533. The smallest absolute Gasteiger partial charge is 0.252 e. The summed E-state index contributed by atoms with van der Waals surface area (Å²) in [5.41, 5.74) is 0.586. The third-order valence-electron chi connectivity index (χ3n) is 2.97. The van der Waals surface area contributed by atoms with Crippen molar-refractivity contribution < 1.29 is 4.79 Å². The van der Waals surface area contributed by atoms with Crippen LogP contribution < -0.4 is 5.32 Å². The molecule has 0 saturated heterocycles. The van der Waals surface area contributed by atoms with E-state index in [0.29, 0.717) is 16.5 Å². The lowest BCUT2D eigenvalue weighted by Gasteiger charge is -2.15. The van der Waals surface area contributed by atoms with E-state index in [2.05, 4.69) is 35.1 Å². The number of benzene rings is 1. The third kappa shape index (κ3) is 5.96. The van der Waals surface area contributed by atoms with Crippen LogP contribution in [0.25, 0.3) is 0 Å². The van der Waals surface area contributed by atoms with E-state index in [9.17, 15) is 4.79 Å². The summed E-state index contributed by atoms with van der Waals surface area (Å²) < 4.78 is 0.767. The van der Waals surface area contributed by atoms with Gasteiger partial charge in [0.15, 0.2) is 0 Å². The molecule has 1 aromatic rings. The van der Waals surface area contributed by atoms with Crippen molar-refractivity contribution in [2.24, 2.45) is 5.92 Å². The van der Waals surface area contributed by atoms with Gasteiger partial charge in [-0.3, -0.25) is 4.79 Å². The molecule has 1 N–H and O–H groups in total. The topological polar surface area (TPSA) is 29.1 Å². The van der Waals surface area contributed by atoms with Crippen LogP contribution in [0.4, 0.5) is 0 Å². The third-order valence-corrected chi connectivity index (χ3v) is 3.90. The van der Waals surface area contributed by atoms with E-state index in [0.717, 1.165) is 17.3 Å². The minimum absolute atomic E-state index is 0.0774. The molecule has 2 nitrogen and oxygen atoms in total. The molecule has 0 fully saturated rings. The lowest BCUT2D eigenvalue weighted by Crippen LogP contribution is -2.32. The first-order chi connectivity index (χ1) is 8.90. The SMILES string of the molecule is CC(C)CCCC(C)NC(=O)c1cc(Cl)ccc1Br. The molecular formula is C15H21BrClNO. The highest BCUT2D eigenvalue weighted by atomic mass is 79.9. The summed E-state index contributed by atoms with van der Waals surface area (Å²) in [5.74, 6) is 0.636. The second kappa shape index (κ2) is 7.91. The van der Waals surface area contributed by atoms with Gasteiger partial charge >= 0.3 is 0 Å². The molecular weight excluding hydrogens is 326 g/mol. The molecule has 0 bridgehead atoms. The van der Waals surface area contributed by atoms with Crippen LogP contribution in [-0.4, -0.2) is 11.9 Å². The molecule has 0 aliphatic heterocycles. The van der Waals surface area contributed by atoms with E-state index in [4.69, 9.17) is 11.6 Å². The second-order valence-corrected chi connectivity index (χ2v) is 6.61. The number of halogens is 2. The molecule has 0 heterocycles. The number of rotatable bonds is 6. The van der Waals surface area contributed by atoms with Gasteiger partial charge in [-0.2, -0.15) is 0 Å². The Hall–Kier alpha value is -0.540. The summed E-state index contributed by atoms with van der Waals surface area (Å²) in [6.07, 6.45) is 3.33. The molecule has 1 atom stereocenters. The highest BCUT2D eigenvalue weighted by Gasteiger charge is 2.13. The van der Waals surface area contributed by atoms with Crippen molar-refractivity contribution in [3.05, 3.63) is 33.3 Å². The highest BCUT2D eigenvalue weighted by Crippen LogP contribution is 2.21. The number of hydrogen-bond acceptors (Lipinski definition) is 1. The monoisotopic (exact) mass is 345 g/mol. The largest absolute Gasteiger partial charge is 0.350 e. The van der Waals surface area contributed by atoms with E-state index in [1.54, 1.807) is 18.2 Å². The average Bonchev–Trinajstić information content (AvgIpc) is 2.31. The molecule has 1 rings (SSSR count). The van der Waals surface area contributed by atoms with Crippen molar-refractivity contribution in [2.45, 2.75) is 46.1 Å². The van der Waals surface area contributed by atoms with Gasteiger partial charge in [-0.1, -0.05) is 38.3 Å². The molecule has 1 aromatic carbocycles. The summed E-state index contributed by atoms with van der Waals surface area (Å²) in [5, 5.41) is 3.58. The van der Waals surface area contributed by atoms with Gasteiger partial charge in [0.05, 0.1) is 5.56 Å². The minimum Gasteiger partial charge on any atom is -0.350 e. The van der Waals surface area contributed by atoms with Crippen LogP contribution in [0.3, 0.4) is 0 Å². The predicted octanol–water partition coefficient (Wildman–Crippen LogP) is 5.05. The lowest BCUT2D eigenvalue weighted by molar-refractivity contribution is 0.0937. The number of carbonyl (C=O) groups is 1. The highest BCUT2D eigenvalue weighted by molar-refractivity contribution is 9.10. The van der Waals surface area contributed by atoms with E-state index in [-0.39, 0.29) is 11.9 Å². The van der Waals surface area contributed by atoms with Crippen LogP contribution in [0.2, 0.25) is 5.02 Å². The first-order valence-electron chi connectivity index (χ1n) is 6.66. The maximum Gasteiger partial charge on any atom is 0.252 e. The molecule has 1 unspecified atom stereocenters. The summed E-state index contributed by atoms with van der Waals surface area (Å²) in [4.78, 5) is 12.1. The van der Waals surface area contributed by atoms with Crippen molar-refractivity contribution >= 4 is 33.4 Å². The Morgan fingerprint density at radius 2 is 2.00 bits per heavy atom. The van der Waals surface area contributed by atoms with Crippen LogP contribution >= 0.6 is 27.5 Å². The Kier molecular flexibility index (Phi) is 6.87. The minimum atomic E-state index is -0.0774. The normalized spacial score (nSPS) is 12.5. The van der Waals surface area contributed by atoms with E-state index >= 15 is 0 Å². The standard InChI is InChI=1S/C15H21BrClNO/c1-10(2)5-4-6-11(3)18-15(19)13-9-12(17)7-8-14(13)16/h7-11H,4-6H2,1-3H3,(H,18,19). The van der Waals surface area contributed by atoms with E-state index in [1.165, 1.54) is 6.42 Å². The van der Waals surface area contributed by atoms with Crippen molar-refractivity contribution in [1.82, 2.24) is 5.32 Å². The van der Waals surface area contributed by atoms with Crippen molar-refractivity contribution in [2.75, 3.05) is 0 Å². The summed E-state index contributed by atoms with van der Waals surface area (Å²) in [7, 11) is 0. The van der Waals surface area contributed by atoms with Gasteiger partial charge < -0.3 is 5.32 Å². The van der Waals surface area contributed by atoms with E-state index < -0.39 is 0 Å². The lowest BCUT2D eigenvalue weighted by atomic mass is 10.0. The predicted molar refractivity (Wildman–Crippen MR) is 84.8 cm³/mol. The van der Waals surface area contributed by atoms with Crippen molar-refractivity contribution in [3.63, 3.8) is 0 Å². The summed E-state index contributed by atoms with van der Waals surface area (Å²) in [6, 6.07) is 5.41. The number of amides is 1. The molecule has 0 radical (unpaired) electrons. The molecule has 4 heteroatoms. The Bertz CT molecular complexity index is 434. The summed E-state index contributed by atoms with van der Waals surface area (Å²) in [6.45, 7) is 6.47. The molecule has 19 heavy (non-hydrogen) atoms. The molecule has 106 valence electrons. The van der Waals surface area contributed by atoms with Crippen LogP contribution in [0.5, 0.6) is 0 Å². The molecule has 0 aliphatic rings. The quantitative estimate of drug-likeness (QED) is 0.767. The molecule has 0 spiro atoms. The molecule has 0 aliphatic carbocycles. The second-order valence-electron chi connectivity index (χ2n) is 5.32. The fourth-order valence-corrected chi connectivity index (χ4v) is 2.48. The van der Waals surface area contributed by atoms with Crippen molar-refractivity contribution in [3.8, 4) is 0 Å². The van der Waals surface area contributed by atoms with Crippen molar-refractivity contribution in [1.29, 1.82) is 0 Å². The van der Waals surface area contributed by atoms with Gasteiger partial charge in [-0.15, -0.1) is 0 Å². The zero-order chi connectivity index (χ0) is 14.4. The zero-order valence-electron chi connectivity index (χ0n) is 11.7. The van der Waals surface area contributed by atoms with Crippen LogP contribution in [0.15, 0.2) is 22.7 Å². The first kappa shape index (κ1) is 16.5. The maximum absolute atomic E-state index is 12.1. The van der Waals surface area contributed by atoms with Gasteiger partial charge in [0.2, 0.25) is 0 Å². The van der Waals surface area contributed by atoms with Crippen LogP contribution in [-0.2, 0) is 0 Å². The number of carbonyl (C=O) groups excluding carboxylic acids is 1. The van der Waals surface area contributed by atoms with E-state index in [1.807, 2.05) is 6.92 Å². The number of hydrogen-bond donors (Lipinski definition) is 1. The van der Waals surface area contributed by atoms with Gasteiger partial charge in [-0.05, 0) is 53.4 Å². The summed E-state index contributed by atoms with van der Waals surface area (Å²) >= 11 is 9.29. The van der Waals surface area contributed by atoms with Gasteiger partial charge in [-0.25, -0.2) is 0 Å². The van der Waals surface area contributed by atoms with Gasteiger partial charge in [0.1, 0.15) is 0 Å². The first-order valence-corrected chi connectivity index (χ1v) is 7.83. The number of nitrogens with one attached hydrogen (secondary N) is 1. The van der Waals surface area contributed by atoms with Gasteiger partial charge in [0, 0.05) is 15.5 Å². The van der Waals surface area contributed by atoms with Crippen LogP contribution in [0.1, 0.15) is 50.4 Å². The Labute approximate surface area is 129 Å². The fourth-order valence-electron chi connectivity index (χ4n) is 1.88. The van der Waals surface area contributed by atoms with Gasteiger partial charge in [0.25, 0.3) is 5.91 Å². The Balaban J connectivity index is 2.52. The molecule has 0 saturated carbocycles. The Morgan fingerprint density at radius 3 is 2.63 bits per heavy atom. The average molecular weight is 347 g/mol.